The minimum Gasteiger partial charge on any atom is -0.490 e. The highest BCUT2D eigenvalue weighted by molar-refractivity contribution is 14.0. The number of hydrogen-bond acceptors (Lipinski definition) is 6. The number of amides is 1. The molecule has 0 atom stereocenters. The van der Waals surface area contributed by atoms with Gasteiger partial charge in [-0.15, -0.1) is 24.0 Å². The quantitative estimate of drug-likeness (QED) is 0.222. The number of halogens is 1. The molecule has 1 amide bonds. The molecule has 0 saturated heterocycles. The van der Waals surface area contributed by atoms with Gasteiger partial charge >= 0.3 is 5.97 Å². The van der Waals surface area contributed by atoms with Crippen LogP contribution < -0.4 is 25.4 Å². The molecule has 0 aliphatic carbocycles. The van der Waals surface area contributed by atoms with Crippen molar-refractivity contribution in [2.24, 2.45) is 4.99 Å². The summed E-state index contributed by atoms with van der Waals surface area (Å²) < 4.78 is 16.0. The summed E-state index contributed by atoms with van der Waals surface area (Å²) in [5.41, 5.74) is 0.377. The number of nitrogens with one attached hydrogen (secondary N) is 3. The Kier molecular flexibility index (Phi) is 10.7. The minimum atomic E-state index is -0.340. The predicted octanol–water partition coefficient (Wildman–Crippen LogP) is 2.30. The number of guanidine groups is 1. The van der Waals surface area contributed by atoms with Crippen LogP contribution in [0.5, 0.6) is 11.5 Å². The van der Waals surface area contributed by atoms with Crippen LogP contribution in [0.2, 0.25) is 0 Å². The van der Waals surface area contributed by atoms with Crippen molar-refractivity contribution in [1.29, 1.82) is 0 Å². The fourth-order valence-electron chi connectivity index (χ4n) is 2.51. The van der Waals surface area contributed by atoms with Gasteiger partial charge in [0.15, 0.2) is 17.5 Å². The minimum absolute atomic E-state index is 0. The molecule has 30 heavy (non-hydrogen) atoms. The number of nitrogens with zero attached hydrogens (tertiary/aromatic N) is 1. The zero-order valence-electron chi connectivity index (χ0n) is 17.9. The second-order valence-corrected chi connectivity index (χ2v) is 7.55. The molecule has 1 aliphatic heterocycles. The van der Waals surface area contributed by atoms with Crippen LogP contribution in [0, 0.1) is 0 Å². The topological polar surface area (TPSA) is 110 Å². The summed E-state index contributed by atoms with van der Waals surface area (Å²) in [4.78, 5) is 27.8. The molecule has 1 heterocycles. The maximum atomic E-state index is 12.1. The molecule has 0 spiro atoms. The van der Waals surface area contributed by atoms with E-state index >= 15 is 0 Å². The molecule has 0 unspecified atom stereocenters. The van der Waals surface area contributed by atoms with E-state index in [0.717, 1.165) is 12.1 Å². The molecule has 1 aromatic rings. The number of anilines is 1. The van der Waals surface area contributed by atoms with Crippen LogP contribution in [0.4, 0.5) is 5.69 Å². The van der Waals surface area contributed by atoms with E-state index in [2.05, 4.69) is 25.7 Å². The summed E-state index contributed by atoms with van der Waals surface area (Å²) >= 11 is 0. The van der Waals surface area contributed by atoms with E-state index in [1.807, 2.05) is 39.0 Å². The van der Waals surface area contributed by atoms with Gasteiger partial charge in [-0.2, -0.15) is 0 Å². The summed E-state index contributed by atoms with van der Waals surface area (Å²) in [7, 11) is 1.34. The number of benzene rings is 1. The number of rotatable bonds is 6. The average Bonchev–Trinajstić information content (AvgIpc) is 2.89. The van der Waals surface area contributed by atoms with Gasteiger partial charge in [0.1, 0.15) is 6.54 Å². The van der Waals surface area contributed by atoms with E-state index < -0.39 is 0 Å². The lowest BCUT2D eigenvalue weighted by atomic mass is 10.1. The molecule has 0 aromatic heterocycles. The van der Waals surface area contributed by atoms with E-state index in [9.17, 15) is 9.59 Å². The summed E-state index contributed by atoms with van der Waals surface area (Å²) in [6.45, 7) is 7.16. The number of carbonyl (C=O) groups excluding carboxylic acids is 2. The number of hydrogen-bond donors (Lipinski definition) is 3. The lowest BCUT2D eigenvalue weighted by Gasteiger charge is -2.20. The number of aliphatic imine (C=N–C) groups is 1. The first-order valence-corrected chi connectivity index (χ1v) is 9.59. The Labute approximate surface area is 194 Å². The monoisotopic (exact) mass is 534 g/mol. The van der Waals surface area contributed by atoms with Crippen LogP contribution in [0.1, 0.15) is 33.6 Å². The van der Waals surface area contributed by atoms with Gasteiger partial charge in [0.25, 0.3) is 0 Å². The molecule has 0 radical (unpaired) electrons. The third kappa shape index (κ3) is 9.51. The first-order chi connectivity index (χ1) is 13.8. The van der Waals surface area contributed by atoms with E-state index in [1.54, 1.807) is 0 Å². The first-order valence-electron chi connectivity index (χ1n) is 9.59. The molecule has 0 bridgehead atoms. The highest BCUT2D eigenvalue weighted by atomic mass is 127. The standard InChI is InChI=1S/C20H30N4O5.HI/c1-20(2,3)24-17(25)13-22-19(21-9-8-18(26)27-4)23-14-6-7-15-16(12-14)29-11-5-10-28-15;/h6-7,12H,5,8-11,13H2,1-4H3,(H,24,25)(H2,21,22,23);1H. The number of esters is 1. The van der Waals surface area contributed by atoms with Crippen molar-refractivity contribution in [1.82, 2.24) is 10.6 Å². The van der Waals surface area contributed by atoms with Gasteiger partial charge in [-0.25, -0.2) is 4.99 Å². The molecule has 3 N–H and O–H groups in total. The molecule has 168 valence electrons. The molecule has 0 saturated carbocycles. The zero-order valence-corrected chi connectivity index (χ0v) is 20.2. The lowest BCUT2D eigenvalue weighted by Crippen LogP contribution is -2.42. The lowest BCUT2D eigenvalue weighted by molar-refractivity contribution is -0.140. The second-order valence-electron chi connectivity index (χ2n) is 7.55. The van der Waals surface area contributed by atoms with Gasteiger partial charge in [-0.1, -0.05) is 0 Å². The van der Waals surface area contributed by atoms with Gasteiger partial charge in [0.05, 0.1) is 26.7 Å². The van der Waals surface area contributed by atoms with Crippen LogP contribution in [0.15, 0.2) is 23.2 Å². The summed E-state index contributed by atoms with van der Waals surface area (Å²) in [5.74, 6) is 1.16. The fourth-order valence-corrected chi connectivity index (χ4v) is 2.51. The highest BCUT2D eigenvalue weighted by Crippen LogP contribution is 2.32. The number of methoxy groups -OCH3 is 1. The van der Waals surface area contributed by atoms with Crippen molar-refractivity contribution < 1.29 is 23.8 Å². The van der Waals surface area contributed by atoms with Crippen LogP contribution in [-0.2, 0) is 14.3 Å². The van der Waals surface area contributed by atoms with Gasteiger partial charge in [0.2, 0.25) is 5.91 Å². The third-order valence-corrected chi connectivity index (χ3v) is 3.75. The summed E-state index contributed by atoms with van der Waals surface area (Å²) in [5, 5.41) is 9.02. The molecule has 2 rings (SSSR count). The molecule has 1 aliphatic rings. The van der Waals surface area contributed by atoms with Crippen molar-refractivity contribution in [3.05, 3.63) is 18.2 Å². The van der Waals surface area contributed by atoms with Crippen molar-refractivity contribution in [2.45, 2.75) is 39.2 Å². The van der Waals surface area contributed by atoms with E-state index in [4.69, 9.17) is 9.47 Å². The van der Waals surface area contributed by atoms with Gasteiger partial charge in [-0.05, 0) is 32.9 Å². The van der Waals surface area contributed by atoms with Gasteiger partial charge < -0.3 is 30.2 Å². The molecule has 1 aromatic carbocycles. The average molecular weight is 534 g/mol. The summed E-state index contributed by atoms with van der Waals surface area (Å²) in [6, 6.07) is 5.47. The first kappa shape index (κ1) is 25.8. The normalized spacial score (nSPS) is 13.4. The molecule has 10 heteroatoms. The predicted molar refractivity (Wildman–Crippen MR) is 126 cm³/mol. The van der Waals surface area contributed by atoms with E-state index in [1.165, 1.54) is 7.11 Å². The SMILES string of the molecule is COC(=O)CCNC(=NCC(=O)NC(C)(C)C)Nc1ccc2c(c1)OCCCO2.I. The van der Waals surface area contributed by atoms with Gasteiger partial charge in [-0.3, -0.25) is 9.59 Å². The Balaban J connectivity index is 0.00000450. The Hall–Kier alpha value is -2.24. The molecule has 0 fully saturated rings. The van der Waals surface area contributed by atoms with Crippen LogP contribution in [-0.4, -0.2) is 56.8 Å². The molecular formula is C20H31IN4O5. The maximum absolute atomic E-state index is 12.1. The van der Waals surface area contributed by atoms with Crippen molar-refractivity contribution in [2.75, 3.05) is 38.7 Å². The summed E-state index contributed by atoms with van der Waals surface area (Å²) in [6.07, 6.45) is 0.995. The van der Waals surface area contributed by atoms with Crippen molar-refractivity contribution in [3.8, 4) is 11.5 Å². The van der Waals surface area contributed by atoms with Gasteiger partial charge in [0, 0.05) is 30.3 Å². The number of carbonyl (C=O) groups is 2. The Bertz CT molecular complexity index is 749. The smallest absolute Gasteiger partial charge is 0.307 e. The molecular weight excluding hydrogens is 503 g/mol. The largest absolute Gasteiger partial charge is 0.490 e. The Morgan fingerprint density at radius 3 is 2.53 bits per heavy atom. The second kappa shape index (κ2) is 12.5. The number of ether oxygens (including phenoxy) is 3. The van der Waals surface area contributed by atoms with Crippen LogP contribution in [0.3, 0.4) is 0 Å². The van der Waals surface area contributed by atoms with E-state index in [-0.39, 0.29) is 54.4 Å². The third-order valence-electron chi connectivity index (χ3n) is 3.75. The number of fused-ring (bicyclic) bond motifs is 1. The van der Waals surface area contributed by atoms with Crippen LogP contribution >= 0.6 is 24.0 Å². The highest BCUT2D eigenvalue weighted by Gasteiger charge is 2.14. The van der Waals surface area contributed by atoms with Crippen molar-refractivity contribution >= 4 is 47.5 Å². The molecule has 9 nitrogen and oxygen atoms in total. The van der Waals surface area contributed by atoms with Crippen molar-refractivity contribution in [3.63, 3.8) is 0 Å². The van der Waals surface area contributed by atoms with E-state index in [0.29, 0.717) is 37.2 Å². The zero-order chi connectivity index (χ0) is 21.3. The van der Waals surface area contributed by atoms with Crippen LogP contribution in [0.25, 0.3) is 0 Å². The fraction of sp³-hybridized carbons (Fsp3) is 0.550. The Morgan fingerprint density at radius 1 is 1.17 bits per heavy atom. The maximum Gasteiger partial charge on any atom is 0.307 e. The Morgan fingerprint density at radius 2 is 1.87 bits per heavy atom.